The lowest BCUT2D eigenvalue weighted by atomic mass is 9.96. The molecule has 0 heterocycles. The minimum atomic E-state index is -0.0590. The van der Waals surface area contributed by atoms with Crippen LogP contribution in [0.4, 0.5) is 0 Å². The minimum absolute atomic E-state index is 0.0590. The highest BCUT2D eigenvalue weighted by Crippen LogP contribution is 2.29. The van der Waals surface area contributed by atoms with Gasteiger partial charge in [0, 0.05) is 11.6 Å². The van der Waals surface area contributed by atoms with E-state index >= 15 is 0 Å². The number of ether oxygens (including phenoxy) is 2. The highest BCUT2D eigenvalue weighted by atomic mass is 16.5. The van der Waals surface area contributed by atoms with Crippen molar-refractivity contribution >= 4 is 16.6 Å². The van der Waals surface area contributed by atoms with Crippen molar-refractivity contribution in [1.29, 1.82) is 0 Å². The lowest BCUT2D eigenvalue weighted by molar-refractivity contribution is 0.103. The number of ketones is 1. The summed E-state index contributed by atoms with van der Waals surface area (Å²) in [6, 6.07) is 18.8. The number of carbonyl (C=O) groups excluding carboxylic acids is 1. The lowest BCUT2D eigenvalue weighted by Gasteiger charge is -2.11. The number of rotatable bonds is 4. The van der Waals surface area contributed by atoms with Crippen molar-refractivity contribution in [3.8, 4) is 11.5 Å². The summed E-state index contributed by atoms with van der Waals surface area (Å²) in [7, 11) is 3.13. The van der Waals surface area contributed by atoms with Crippen molar-refractivity contribution < 1.29 is 14.3 Å². The van der Waals surface area contributed by atoms with Gasteiger partial charge in [0.1, 0.15) is 11.5 Å². The third kappa shape index (κ3) is 2.42. The molecule has 0 spiro atoms. The van der Waals surface area contributed by atoms with Crippen LogP contribution < -0.4 is 9.47 Å². The van der Waals surface area contributed by atoms with E-state index < -0.39 is 0 Å². The maximum atomic E-state index is 12.9. The molecule has 0 aromatic heterocycles. The fourth-order valence-corrected chi connectivity index (χ4v) is 2.55. The van der Waals surface area contributed by atoms with E-state index in [1.54, 1.807) is 32.4 Å². The molecule has 0 aliphatic rings. The van der Waals surface area contributed by atoms with Crippen molar-refractivity contribution in [3.05, 3.63) is 71.8 Å². The summed E-state index contributed by atoms with van der Waals surface area (Å²) < 4.78 is 10.5. The first-order valence-electron chi connectivity index (χ1n) is 6.99. The fraction of sp³-hybridized carbons (Fsp3) is 0.105. The Morgan fingerprint density at radius 3 is 2.36 bits per heavy atom. The van der Waals surface area contributed by atoms with Crippen molar-refractivity contribution in [2.45, 2.75) is 0 Å². The molecule has 0 saturated heterocycles. The zero-order valence-electron chi connectivity index (χ0n) is 12.5. The predicted octanol–water partition coefficient (Wildman–Crippen LogP) is 4.09. The molecule has 22 heavy (non-hydrogen) atoms. The Labute approximate surface area is 129 Å². The normalized spacial score (nSPS) is 10.5. The molecule has 0 N–H and O–H groups in total. The molecule has 3 heteroatoms. The third-order valence-corrected chi connectivity index (χ3v) is 3.69. The molecule has 0 amide bonds. The molecule has 3 aromatic carbocycles. The van der Waals surface area contributed by atoms with E-state index in [9.17, 15) is 4.79 Å². The summed E-state index contributed by atoms with van der Waals surface area (Å²) in [5, 5.41) is 1.98. The maximum Gasteiger partial charge on any atom is 0.197 e. The molecule has 0 unspecified atom stereocenters. The highest BCUT2D eigenvalue weighted by Gasteiger charge is 2.17. The van der Waals surface area contributed by atoms with Crippen molar-refractivity contribution in [3.63, 3.8) is 0 Å². The first-order valence-corrected chi connectivity index (χ1v) is 6.99. The minimum Gasteiger partial charge on any atom is -0.497 e. The topological polar surface area (TPSA) is 35.5 Å². The summed E-state index contributed by atoms with van der Waals surface area (Å²) in [5.74, 6) is 1.11. The molecule has 0 fully saturated rings. The van der Waals surface area contributed by atoms with Gasteiger partial charge in [0.15, 0.2) is 5.78 Å². The molecule has 0 aliphatic heterocycles. The van der Waals surface area contributed by atoms with Gasteiger partial charge in [-0.2, -0.15) is 0 Å². The average molecular weight is 292 g/mol. The molecule has 3 nitrogen and oxygen atoms in total. The van der Waals surface area contributed by atoms with Crippen LogP contribution in [0.2, 0.25) is 0 Å². The van der Waals surface area contributed by atoms with Crippen molar-refractivity contribution in [2.24, 2.45) is 0 Å². The molecule has 0 radical (unpaired) electrons. The van der Waals surface area contributed by atoms with Gasteiger partial charge in [0.05, 0.1) is 19.8 Å². The quantitative estimate of drug-likeness (QED) is 0.679. The summed E-state index contributed by atoms with van der Waals surface area (Å²) in [6.07, 6.45) is 0. The Bertz CT molecular complexity index is 832. The van der Waals surface area contributed by atoms with Crippen LogP contribution in [0.1, 0.15) is 15.9 Å². The average Bonchev–Trinajstić information content (AvgIpc) is 2.60. The summed E-state index contributed by atoms with van der Waals surface area (Å²) in [5.41, 5.74) is 1.20. The van der Waals surface area contributed by atoms with E-state index in [4.69, 9.17) is 9.47 Å². The summed E-state index contributed by atoms with van der Waals surface area (Å²) in [6.45, 7) is 0. The van der Waals surface area contributed by atoms with Crippen LogP contribution in [0.3, 0.4) is 0 Å². The van der Waals surface area contributed by atoms with Crippen molar-refractivity contribution in [2.75, 3.05) is 14.2 Å². The van der Waals surface area contributed by atoms with E-state index in [-0.39, 0.29) is 5.78 Å². The van der Waals surface area contributed by atoms with Crippen LogP contribution in [0.15, 0.2) is 60.7 Å². The van der Waals surface area contributed by atoms with E-state index in [2.05, 4.69) is 0 Å². The van der Waals surface area contributed by atoms with Gasteiger partial charge in [0.2, 0.25) is 0 Å². The number of hydrogen-bond acceptors (Lipinski definition) is 3. The monoisotopic (exact) mass is 292 g/mol. The van der Waals surface area contributed by atoms with Crippen LogP contribution in [0.25, 0.3) is 10.8 Å². The molecule has 3 aromatic rings. The Kier molecular flexibility index (Phi) is 3.79. The first-order chi connectivity index (χ1) is 10.7. The van der Waals surface area contributed by atoms with Crippen LogP contribution >= 0.6 is 0 Å². The van der Waals surface area contributed by atoms with Gasteiger partial charge in [0.25, 0.3) is 0 Å². The van der Waals surface area contributed by atoms with Crippen LogP contribution in [-0.2, 0) is 0 Å². The molecular weight excluding hydrogens is 276 g/mol. The first kappa shape index (κ1) is 14.1. The largest absolute Gasteiger partial charge is 0.497 e. The van der Waals surface area contributed by atoms with Gasteiger partial charge >= 0.3 is 0 Å². The number of benzene rings is 3. The molecule has 0 aliphatic carbocycles. The molecule has 110 valence electrons. The molecule has 0 saturated carbocycles. The van der Waals surface area contributed by atoms with Gasteiger partial charge in [-0.15, -0.1) is 0 Å². The Balaban J connectivity index is 2.14. The van der Waals surface area contributed by atoms with Gasteiger partial charge < -0.3 is 9.47 Å². The Hall–Kier alpha value is -2.81. The fourth-order valence-electron chi connectivity index (χ4n) is 2.55. The van der Waals surface area contributed by atoms with Crippen molar-refractivity contribution in [1.82, 2.24) is 0 Å². The second-order valence-electron chi connectivity index (χ2n) is 4.92. The smallest absolute Gasteiger partial charge is 0.197 e. The van der Waals surface area contributed by atoms with E-state index in [0.29, 0.717) is 22.6 Å². The molecular formula is C19H16O3. The highest BCUT2D eigenvalue weighted by molar-refractivity contribution is 6.17. The number of fused-ring (bicyclic) bond motifs is 1. The molecule has 0 bridgehead atoms. The molecule has 3 rings (SSSR count). The van der Waals surface area contributed by atoms with Gasteiger partial charge in [-0.05, 0) is 22.9 Å². The summed E-state index contributed by atoms with van der Waals surface area (Å²) >= 11 is 0. The van der Waals surface area contributed by atoms with Crippen LogP contribution in [-0.4, -0.2) is 20.0 Å². The zero-order valence-corrected chi connectivity index (χ0v) is 12.5. The van der Waals surface area contributed by atoms with Gasteiger partial charge in [-0.1, -0.05) is 42.5 Å². The van der Waals surface area contributed by atoms with Crippen LogP contribution in [0.5, 0.6) is 11.5 Å². The predicted molar refractivity (Wildman–Crippen MR) is 86.9 cm³/mol. The standard InChI is InChI=1S/C19H16O3/c1-21-14-10-11-17(18(12-14)22-2)19(20)16-9-5-7-13-6-3-4-8-15(13)16/h3-12H,1-2H3. The van der Waals surface area contributed by atoms with Crippen LogP contribution in [0, 0.1) is 0 Å². The van der Waals surface area contributed by atoms with Gasteiger partial charge in [-0.25, -0.2) is 0 Å². The third-order valence-electron chi connectivity index (χ3n) is 3.69. The maximum absolute atomic E-state index is 12.9. The summed E-state index contributed by atoms with van der Waals surface area (Å²) in [4.78, 5) is 12.9. The Morgan fingerprint density at radius 1 is 0.818 bits per heavy atom. The number of methoxy groups -OCH3 is 2. The van der Waals surface area contributed by atoms with E-state index in [0.717, 1.165) is 10.8 Å². The zero-order chi connectivity index (χ0) is 15.5. The second kappa shape index (κ2) is 5.90. The van der Waals surface area contributed by atoms with E-state index in [1.165, 1.54) is 0 Å². The van der Waals surface area contributed by atoms with E-state index in [1.807, 2.05) is 42.5 Å². The second-order valence-corrected chi connectivity index (χ2v) is 4.92. The number of carbonyl (C=O) groups is 1. The van der Waals surface area contributed by atoms with Gasteiger partial charge in [-0.3, -0.25) is 4.79 Å². The Morgan fingerprint density at radius 2 is 1.59 bits per heavy atom. The molecule has 0 atom stereocenters. The SMILES string of the molecule is COc1ccc(C(=O)c2cccc3ccccc23)c(OC)c1. The number of hydrogen-bond donors (Lipinski definition) is 0. The lowest BCUT2D eigenvalue weighted by Crippen LogP contribution is -2.05.